The number of para-hydroxylation sites is 1. The molecule has 3 rings (SSSR count). The second-order valence-electron chi connectivity index (χ2n) is 8.22. The Balaban J connectivity index is 1.75. The lowest BCUT2D eigenvalue weighted by molar-refractivity contribution is -0.141. The summed E-state index contributed by atoms with van der Waals surface area (Å²) in [6.45, 7) is 7.67. The lowest BCUT2D eigenvalue weighted by Crippen LogP contribution is -2.40. The van der Waals surface area contributed by atoms with Gasteiger partial charge in [0, 0.05) is 11.9 Å². The number of fused-ring (bicyclic) bond motifs is 1. The van der Waals surface area contributed by atoms with E-state index in [1.807, 2.05) is 0 Å². The van der Waals surface area contributed by atoms with Crippen molar-refractivity contribution in [1.29, 1.82) is 0 Å². The van der Waals surface area contributed by atoms with Gasteiger partial charge in [-0.2, -0.15) is 13.2 Å². The van der Waals surface area contributed by atoms with E-state index in [1.54, 1.807) is 24.3 Å². The smallest absolute Gasteiger partial charge is 0.388 e. The summed E-state index contributed by atoms with van der Waals surface area (Å²) < 4.78 is 39.9. The third kappa shape index (κ3) is 5.28. The van der Waals surface area contributed by atoms with Gasteiger partial charge in [0.25, 0.3) is 0 Å². The molecule has 0 saturated carbocycles. The van der Waals surface area contributed by atoms with Crippen molar-refractivity contribution >= 4 is 10.9 Å². The minimum absolute atomic E-state index is 0.274. The largest absolute Gasteiger partial charge is 0.433 e. The van der Waals surface area contributed by atoms with Crippen LogP contribution >= 0.6 is 0 Å². The zero-order valence-corrected chi connectivity index (χ0v) is 17.3. The standard InChI is InChI=1S/C23H31F3N2O/c1-3-12-28-13-11-17(16(4-2)15-28)9-10-21(29)19-14-22(23(24,25)26)27-20-8-6-5-7-18(19)20/h5-8,14,16-17,21,29H,3-4,9-13,15H2,1-2H3/t16-,17-,21?/m0/s1. The summed E-state index contributed by atoms with van der Waals surface area (Å²) in [5, 5.41) is 11.4. The summed E-state index contributed by atoms with van der Waals surface area (Å²) in [4.78, 5) is 6.26. The number of rotatable bonds is 7. The number of hydrogen-bond donors (Lipinski definition) is 1. The Morgan fingerprint density at radius 3 is 2.66 bits per heavy atom. The fraction of sp³-hybridized carbons (Fsp3) is 0.609. The van der Waals surface area contributed by atoms with Gasteiger partial charge in [0.2, 0.25) is 0 Å². The van der Waals surface area contributed by atoms with Gasteiger partial charge in [0.1, 0.15) is 5.69 Å². The van der Waals surface area contributed by atoms with Crippen LogP contribution in [-0.2, 0) is 6.18 Å². The average Bonchev–Trinajstić information content (AvgIpc) is 2.71. The Hall–Kier alpha value is -1.66. The van der Waals surface area contributed by atoms with E-state index in [2.05, 4.69) is 23.7 Å². The Morgan fingerprint density at radius 1 is 1.21 bits per heavy atom. The molecule has 6 heteroatoms. The quantitative estimate of drug-likeness (QED) is 0.627. The number of benzene rings is 1. The highest BCUT2D eigenvalue weighted by molar-refractivity contribution is 5.82. The van der Waals surface area contributed by atoms with Crippen molar-refractivity contribution in [2.75, 3.05) is 19.6 Å². The van der Waals surface area contributed by atoms with Crippen molar-refractivity contribution < 1.29 is 18.3 Å². The number of aromatic nitrogens is 1. The molecule has 0 radical (unpaired) electrons. The van der Waals surface area contributed by atoms with Crippen LogP contribution < -0.4 is 0 Å². The van der Waals surface area contributed by atoms with E-state index in [9.17, 15) is 18.3 Å². The Labute approximate surface area is 170 Å². The molecule has 1 fully saturated rings. The number of halogens is 3. The van der Waals surface area contributed by atoms with Crippen LogP contribution in [0.15, 0.2) is 30.3 Å². The first kappa shape index (κ1) is 22.0. The van der Waals surface area contributed by atoms with E-state index in [1.165, 1.54) is 0 Å². The topological polar surface area (TPSA) is 36.4 Å². The number of alkyl halides is 3. The second-order valence-corrected chi connectivity index (χ2v) is 8.22. The summed E-state index contributed by atoms with van der Waals surface area (Å²) in [5.74, 6) is 1.10. The number of aliphatic hydroxyl groups excluding tert-OH is 1. The van der Waals surface area contributed by atoms with E-state index in [0.29, 0.717) is 29.2 Å². The minimum atomic E-state index is -4.53. The maximum Gasteiger partial charge on any atom is 0.433 e. The van der Waals surface area contributed by atoms with Gasteiger partial charge in [0.05, 0.1) is 11.6 Å². The molecule has 29 heavy (non-hydrogen) atoms. The van der Waals surface area contributed by atoms with Gasteiger partial charge in [-0.15, -0.1) is 0 Å². The summed E-state index contributed by atoms with van der Waals surface area (Å²) in [6.07, 6.45) is -0.810. The molecule has 0 aliphatic carbocycles. The van der Waals surface area contributed by atoms with Crippen molar-refractivity contribution in [3.8, 4) is 0 Å². The lowest BCUT2D eigenvalue weighted by Gasteiger charge is -2.38. The van der Waals surface area contributed by atoms with E-state index < -0.39 is 18.0 Å². The first-order valence-corrected chi connectivity index (χ1v) is 10.7. The molecule has 3 nitrogen and oxygen atoms in total. The molecule has 1 aliphatic heterocycles. The molecule has 2 heterocycles. The normalized spacial score (nSPS) is 22.1. The van der Waals surface area contributed by atoms with Crippen molar-refractivity contribution in [1.82, 2.24) is 9.88 Å². The highest BCUT2D eigenvalue weighted by Crippen LogP contribution is 2.36. The predicted octanol–water partition coefficient (Wildman–Crippen LogP) is 5.83. The van der Waals surface area contributed by atoms with Gasteiger partial charge in [-0.25, -0.2) is 4.98 Å². The van der Waals surface area contributed by atoms with Gasteiger partial charge in [-0.05, 0) is 68.3 Å². The van der Waals surface area contributed by atoms with E-state index in [0.717, 1.165) is 51.4 Å². The van der Waals surface area contributed by atoms with Crippen molar-refractivity contribution in [3.63, 3.8) is 0 Å². The zero-order chi connectivity index (χ0) is 21.0. The molecule has 0 amide bonds. The number of piperidine rings is 1. The van der Waals surface area contributed by atoms with Crippen LogP contribution in [0.4, 0.5) is 13.2 Å². The van der Waals surface area contributed by atoms with Crippen LogP contribution in [0.2, 0.25) is 0 Å². The van der Waals surface area contributed by atoms with Crippen LogP contribution in [0, 0.1) is 11.8 Å². The fourth-order valence-corrected chi connectivity index (χ4v) is 4.67. The van der Waals surface area contributed by atoms with Crippen molar-refractivity contribution in [3.05, 3.63) is 41.6 Å². The Bertz CT molecular complexity index is 808. The molecule has 1 aromatic heterocycles. The number of aliphatic hydroxyl groups is 1. The van der Waals surface area contributed by atoms with Gasteiger partial charge in [-0.1, -0.05) is 38.5 Å². The van der Waals surface area contributed by atoms with Crippen LogP contribution in [0.25, 0.3) is 10.9 Å². The molecule has 1 aliphatic rings. The predicted molar refractivity (Wildman–Crippen MR) is 110 cm³/mol. The third-order valence-electron chi connectivity index (χ3n) is 6.25. The number of likely N-dealkylation sites (tertiary alicyclic amines) is 1. The number of nitrogens with zero attached hydrogens (tertiary/aromatic N) is 2. The highest BCUT2D eigenvalue weighted by Gasteiger charge is 2.34. The molecule has 1 aromatic carbocycles. The Morgan fingerprint density at radius 2 is 1.97 bits per heavy atom. The number of hydrogen-bond acceptors (Lipinski definition) is 3. The maximum atomic E-state index is 13.3. The van der Waals surface area contributed by atoms with Crippen molar-refractivity contribution in [2.24, 2.45) is 11.8 Å². The molecular formula is C23H31F3N2O. The van der Waals surface area contributed by atoms with Gasteiger partial charge in [-0.3, -0.25) is 0 Å². The van der Waals surface area contributed by atoms with Crippen molar-refractivity contribution in [2.45, 2.75) is 58.2 Å². The van der Waals surface area contributed by atoms with Crippen LogP contribution in [0.1, 0.15) is 63.3 Å². The lowest BCUT2D eigenvalue weighted by atomic mass is 9.80. The Kier molecular flexibility index (Phi) is 7.17. The summed E-state index contributed by atoms with van der Waals surface area (Å²) in [5.41, 5.74) is -0.334. The zero-order valence-electron chi connectivity index (χ0n) is 17.3. The average molecular weight is 409 g/mol. The van der Waals surface area contributed by atoms with Crippen LogP contribution in [0.5, 0.6) is 0 Å². The minimum Gasteiger partial charge on any atom is -0.388 e. The molecule has 1 N–H and O–H groups in total. The monoisotopic (exact) mass is 408 g/mol. The molecule has 0 spiro atoms. The molecular weight excluding hydrogens is 377 g/mol. The summed E-state index contributed by atoms with van der Waals surface area (Å²) in [6, 6.07) is 7.76. The SMILES string of the molecule is CCCN1CC[C@H](CCC(O)c2cc(C(F)(F)F)nc3ccccc23)[C@@H](CC)C1. The highest BCUT2D eigenvalue weighted by atomic mass is 19.4. The molecule has 2 aromatic rings. The molecule has 3 atom stereocenters. The van der Waals surface area contributed by atoms with E-state index in [-0.39, 0.29) is 5.52 Å². The molecule has 1 unspecified atom stereocenters. The van der Waals surface area contributed by atoms with Gasteiger partial charge < -0.3 is 10.0 Å². The molecule has 1 saturated heterocycles. The second kappa shape index (κ2) is 9.43. The van der Waals surface area contributed by atoms with E-state index in [4.69, 9.17) is 0 Å². The van der Waals surface area contributed by atoms with Crippen LogP contribution in [0.3, 0.4) is 0 Å². The fourth-order valence-electron chi connectivity index (χ4n) is 4.67. The first-order chi connectivity index (χ1) is 13.8. The maximum absolute atomic E-state index is 13.3. The first-order valence-electron chi connectivity index (χ1n) is 10.7. The summed E-state index contributed by atoms with van der Waals surface area (Å²) in [7, 11) is 0. The molecule has 0 bridgehead atoms. The van der Waals surface area contributed by atoms with Gasteiger partial charge in [0.15, 0.2) is 0 Å². The molecule has 160 valence electrons. The van der Waals surface area contributed by atoms with Gasteiger partial charge >= 0.3 is 6.18 Å². The van der Waals surface area contributed by atoms with Crippen LogP contribution in [-0.4, -0.2) is 34.6 Å². The number of pyridine rings is 1. The summed E-state index contributed by atoms with van der Waals surface area (Å²) >= 11 is 0. The third-order valence-corrected chi connectivity index (χ3v) is 6.25. The van der Waals surface area contributed by atoms with E-state index >= 15 is 0 Å².